The summed E-state index contributed by atoms with van der Waals surface area (Å²) in [5.74, 6) is -0.355. The third-order valence-corrected chi connectivity index (χ3v) is 10.2. The molecule has 0 spiro atoms. The summed E-state index contributed by atoms with van der Waals surface area (Å²) in [7, 11) is -3.51. The summed E-state index contributed by atoms with van der Waals surface area (Å²) in [6.45, 7) is 3.58. The monoisotopic (exact) mass is 475 g/mol. The highest BCUT2D eigenvalue weighted by atomic mass is 32.2. The highest BCUT2D eigenvalue weighted by Gasteiger charge is 2.43. The Hall–Kier alpha value is -1.80. The van der Waals surface area contributed by atoms with Crippen LogP contribution in [0, 0.1) is 5.82 Å². The van der Waals surface area contributed by atoms with Crippen molar-refractivity contribution in [1.29, 1.82) is 0 Å². The first kappa shape index (κ1) is 24.3. The molecule has 2 aliphatic rings. The fourth-order valence-electron chi connectivity index (χ4n) is 5.43. The Morgan fingerprint density at radius 2 is 1.88 bits per heavy atom. The third kappa shape index (κ3) is 5.02. The second-order valence-corrected chi connectivity index (χ2v) is 11.8. The Labute approximate surface area is 196 Å². The number of nitrogens with one attached hydrogen (secondary N) is 1. The highest BCUT2D eigenvalue weighted by Crippen LogP contribution is 2.40. The molecular weight excluding hydrogens is 441 g/mol. The molecule has 2 aromatic carbocycles. The summed E-state index contributed by atoms with van der Waals surface area (Å²) in [6.07, 6.45) is 3.17. The van der Waals surface area contributed by atoms with Gasteiger partial charge in [-0.3, -0.25) is 0 Å². The first-order valence-corrected chi connectivity index (χ1v) is 13.5. The van der Waals surface area contributed by atoms with Crippen molar-refractivity contribution in [2.45, 2.75) is 61.0 Å². The maximum atomic E-state index is 15.4. The quantitative estimate of drug-likeness (QED) is 0.639. The standard InChI is InChI=1S/C26H34FNO4S/c1-19-24(33(30,31)25(18-28-19)20-6-3-2-4-7-20)16-21-8-9-22(17-23(21)27)26(10-5-13-29)11-14-32-15-12-26/h2-4,6-9,17,19,24-25,28-29H,5,10-16,18H2,1H3/t19-,24?,25-/m0/s1. The molecule has 5 nitrogen and oxygen atoms in total. The molecule has 0 saturated carbocycles. The van der Waals surface area contributed by atoms with E-state index >= 15 is 4.39 Å². The van der Waals surface area contributed by atoms with Gasteiger partial charge in [0.05, 0.1) is 10.5 Å². The van der Waals surface area contributed by atoms with E-state index in [1.165, 1.54) is 0 Å². The molecule has 2 N–H and O–H groups in total. The third-order valence-electron chi connectivity index (χ3n) is 7.52. The molecule has 2 heterocycles. The van der Waals surface area contributed by atoms with Gasteiger partial charge in [0.1, 0.15) is 5.82 Å². The van der Waals surface area contributed by atoms with E-state index < -0.39 is 20.3 Å². The van der Waals surface area contributed by atoms with E-state index in [9.17, 15) is 13.5 Å². The lowest BCUT2D eigenvalue weighted by Gasteiger charge is -2.38. The van der Waals surface area contributed by atoms with Crippen LogP contribution in [0.3, 0.4) is 0 Å². The molecule has 4 rings (SSSR count). The van der Waals surface area contributed by atoms with Crippen LogP contribution in [0.4, 0.5) is 4.39 Å². The average molecular weight is 476 g/mol. The number of ether oxygens (including phenoxy) is 1. The van der Waals surface area contributed by atoms with Crippen LogP contribution in [0.5, 0.6) is 0 Å². The van der Waals surface area contributed by atoms with Crippen LogP contribution >= 0.6 is 0 Å². The maximum absolute atomic E-state index is 15.4. The van der Waals surface area contributed by atoms with Crippen molar-refractivity contribution < 1.29 is 22.7 Å². The summed E-state index contributed by atoms with van der Waals surface area (Å²) in [4.78, 5) is 0. The van der Waals surface area contributed by atoms with E-state index in [0.717, 1.165) is 30.4 Å². The molecule has 2 aromatic rings. The zero-order valence-electron chi connectivity index (χ0n) is 19.2. The molecule has 180 valence electrons. The number of halogens is 1. The summed E-state index contributed by atoms with van der Waals surface area (Å²) < 4.78 is 47.9. The normalized spacial score (nSPS) is 26.7. The van der Waals surface area contributed by atoms with Gasteiger partial charge in [0.25, 0.3) is 0 Å². The lowest BCUT2D eigenvalue weighted by Crippen LogP contribution is -2.53. The van der Waals surface area contributed by atoms with Crippen LogP contribution in [0.2, 0.25) is 0 Å². The van der Waals surface area contributed by atoms with E-state index in [4.69, 9.17) is 4.74 Å². The molecule has 7 heteroatoms. The van der Waals surface area contributed by atoms with Crippen LogP contribution in [0.1, 0.15) is 54.5 Å². The molecule has 3 atom stereocenters. The molecule has 33 heavy (non-hydrogen) atoms. The minimum absolute atomic E-state index is 0.107. The van der Waals surface area contributed by atoms with Gasteiger partial charge in [0, 0.05) is 32.4 Å². The number of benzene rings is 2. The van der Waals surface area contributed by atoms with Gasteiger partial charge in [-0.15, -0.1) is 0 Å². The number of rotatable bonds is 7. The van der Waals surface area contributed by atoms with E-state index in [1.807, 2.05) is 43.3 Å². The van der Waals surface area contributed by atoms with E-state index in [2.05, 4.69) is 5.32 Å². The second kappa shape index (κ2) is 10.2. The zero-order chi connectivity index (χ0) is 23.5. The summed E-state index contributed by atoms with van der Waals surface area (Å²) >= 11 is 0. The summed E-state index contributed by atoms with van der Waals surface area (Å²) in [6, 6.07) is 14.3. The zero-order valence-corrected chi connectivity index (χ0v) is 20.0. The smallest absolute Gasteiger partial charge is 0.163 e. The minimum Gasteiger partial charge on any atom is -0.396 e. The van der Waals surface area contributed by atoms with E-state index in [0.29, 0.717) is 31.7 Å². The Bertz CT molecular complexity index is 1040. The topological polar surface area (TPSA) is 75.6 Å². The van der Waals surface area contributed by atoms with Crippen LogP contribution in [-0.4, -0.2) is 51.2 Å². The Morgan fingerprint density at radius 3 is 2.55 bits per heavy atom. The summed E-state index contributed by atoms with van der Waals surface area (Å²) in [5, 5.41) is 11.3. The Morgan fingerprint density at radius 1 is 1.15 bits per heavy atom. The van der Waals surface area contributed by atoms with Gasteiger partial charge in [-0.1, -0.05) is 42.5 Å². The molecule has 0 radical (unpaired) electrons. The summed E-state index contributed by atoms with van der Waals surface area (Å²) in [5.41, 5.74) is 1.91. The predicted octanol–water partition coefficient (Wildman–Crippen LogP) is 3.71. The number of aliphatic hydroxyl groups excluding tert-OH is 1. The Balaban J connectivity index is 1.59. The molecule has 1 unspecified atom stereocenters. The van der Waals surface area contributed by atoms with Crippen molar-refractivity contribution >= 4 is 9.84 Å². The largest absolute Gasteiger partial charge is 0.396 e. The first-order valence-electron chi connectivity index (χ1n) is 11.9. The average Bonchev–Trinajstić information content (AvgIpc) is 2.82. The van der Waals surface area contributed by atoms with Crippen molar-refractivity contribution in [1.82, 2.24) is 5.32 Å². The molecule has 0 amide bonds. The van der Waals surface area contributed by atoms with Gasteiger partial charge in [0.2, 0.25) is 0 Å². The van der Waals surface area contributed by atoms with E-state index in [1.54, 1.807) is 12.1 Å². The van der Waals surface area contributed by atoms with Crippen molar-refractivity contribution in [3.8, 4) is 0 Å². The van der Waals surface area contributed by atoms with Gasteiger partial charge in [-0.2, -0.15) is 0 Å². The highest BCUT2D eigenvalue weighted by molar-refractivity contribution is 7.92. The van der Waals surface area contributed by atoms with Gasteiger partial charge < -0.3 is 15.2 Å². The lowest BCUT2D eigenvalue weighted by molar-refractivity contribution is 0.0440. The van der Waals surface area contributed by atoms with Crippen molar-refractivity contribution in [2.24, 2.45) is 0 Å². The molecule has 0 aliphatic carbocycles. The fraction of sp³-hybridized carbons (Fsp3) is 0.538. The van der Waals surface area contributed by atoms with Crippen LogP contribution in [0.15, 0.2) is 48.5 Å². The van der Waals surface area contributed by atoms with Crippen molar-refractivity contribution in [3.05, 3.63) is 71.0 Å². The van der Waals surface area contributed by atoms with E-state index in [-0.39, 0.29) is 30.3 Å². The number of hydrogen-bond acceptors (Lipinski definition) is 5. The molecule has 0 bridgehead atoms. The molecular formula is C26H34FNO4S. The predicted molar refractivity (Wildman–Crippen MR) is 128 cm³/mol. The van der Waals surface area contributed by atoms with Crippen LogP contribution in [0.25, 0.3) is 0 Å². The number of sulfone groups is 1. The minimum atomic E-state index is -3.51. The number of hydrogen-bond donors (Lipinski definition) is 2. The fourth-order valence-corrected chi connectivity index (χ4v) is 7.79. The van der Waals surface area contributed by atoms with Gasteiger partial charge in [-0.25, -0.2) is 12.8 Å². The molecule has 2 saturated heterocycles. The lowest BCUT2D eigenvalue weighted by atomic mass is 9.71. The van der Waals surface area contributed by atoms with Gasteiger partial charge >= 0.3 is 0 Å². The molecule has 2 aliphatic heterocycles. The second-order valence-electron chi connectivity index (χ2n) is 9.45. The van der Waals surface area contributed by atoms with Crippen LogP contribution < -0.4 is 5.32 Å². The SMILES string of the molecule is C[C@@H]1NC[C@@H](c2ccccc2)S(=O)(=O)C1Cc1ccc(C2(CCCO)CCOCC2)cc1F. The van der Waals surface area contributed by atoms with Crippen LogP contribution in [-0.2, 0) is 26.4 Å². The van der Waals surface area contributed by atoms with Crippen molar-refractivity contribution in [2.75, 3.05) is 26.4 Å². The van der Waals surface area contributed by atoms with Crippen molar-refractivity contribution in [3.63, 3.8) is 0 Å². The number of aliphatic hydroxyl groups is 1. The van der Waals surface area contributed by atoms with Gasteiger partial charge in [0.15, 0.2) is 9.84 Å². The van der Waals surface area contributed by atoms with Gasteiger partial charge in [-0.05, 0) is 67.2 Å². The Kier molecular flexibility index (Phi) is 7.53. The maximum Gasteiger partial charge on any atom is 0.163 e. The molecule has 2 fully saturated rings. The first-order chi connectivity index (χ1) is 15.9. The molecule has 0 aromatic heterocycles.